The zero-order chi connectivity index (χ0) is 12.5. The Morgan fingerprint density at radius 2 is 2.11 bits per heavy atom. The van der Waals surface area contributed by atoms with Gasteiger partial charge in [0, 0.05) is 18.0 Å². The highest BCUT2D eigenvalue weighted by Crippen LogP contribution is 2.25. The Kier molecular flexibility index (Phi) is 2.80. The quantitative estimate of drug-likeness (QED) is 0.720. The molecule has 0 saturated heterocycles. The van der Waals surface area contributed by atoms with Crippen molar-refractivity contribution >= 4 is 21.6 Å². The second-order valence-electron chi connectivity index (χ2n) is 3.95. The number of ether oxygens (including phenoxy) is 1. The van der Waals surface area contributed by atoms with Crippen LogP contribution in [0.15, 0.2) is 53.3 Å². The molecule has 18 heavy (non-hydrogen) atoms. The molecule has 0 aliphatic rings. The van der Waals surface area contributed by atoms with Crippen LogP contribution < -0.4 is 4.74 Å². The summed E-state index contributed by atoms with van der Waals surface area (Å²) in [5.74, 6) is 0.837. The molecule has 0 N–H and O–H groups in total. The molecule has 0 unspecified atom stereocenters. The van der Waals surface area contributed by atoms with Crippen LogP contribution in [0.25, 0.3) is 16.9 Å². The summed E-state index contributed by atoms with van der Waals surface area (Å²) in [5, 5.41) is 0. The Morgan fingerprint density at radius 3 is 2.89 bits per heavy atom. The number of methoxy groups -OCH3 is 1. The molecule has 3 nitrogen and oxygen atoms in total. The highest BCUT2D eigenvalue weighted by atomic mass is 79.9. The maximum atomic E-state index is 5.23. The first-order valence-electron chi connectivity index (χ1n) is 5.55. The van der Waals surface area contributed by atoms with Crippen molar-refractivity contribution in [2.24, 2.45) is 0 Å². The Labute approximate surface area is 113 Å². The van der Waals surface area contributed by atoms with Gasteiger partial charge in [0.1, 0.15) is 5.75 Å². The van der Waals surface area contributed by atoms with Crippen LogP contribution in [0.1, 0.15) is 0 Å². The van der Waals surface area contributed by atoms with Crippen molar-refractivity contribution in [3.8, 4) is 17.0 Å². The molecule has 0 saturated carbocycles. The largest absolute Gasteiger partial charge is 0.497 e. The standard InChI is InChI=1S/C14H11BrN2O/c1-18-11-5-2-4-10(8-11)13-9-17-7-3-6-12(15)14(17)16-13/h2-9H,1H3. The Bertz CT molecular complexity index is 706. The molecular weight excluding hydrogens is 292 g/mol. The number of hydrogen-bond donors (Lipinski definition) is 0. The van der Waals surface area contributed by atoms with Gasteiger partial charge in [-0.05, 0) is 40.2 Å². The summed E-state index contributed by atoms with van der Waals surface area (Å²) in [7, 11) is 1.67. The van der Waals surface area contributed by atoms with Crippen molar-refractivity contribution in [2.75, 3.05) is 7.11 Å². The number of nitrogens with zero attached hydrogens (tertiary/aromatic N) is 2. The third-order valence-corrected chi connectivity index (χ3v) is 3.42. The van der Waals surface area contributed by atoms with Crippen molar-refractivity contribution in [1.29, 1.82) is 0 Å². The van der Waals surface area contributed by atoms with E-state index >= 15 is 0 Å². The van der Waals surface area contributed by atoms with Crippen LogP contribution in [0.3, 0.4) is 0 Å². The molecule has 1 aromatic carbocycles. The minimum absolute atomic E-state index is 0.837. The van der Waals surface area contributed by atoms with Gasteiger partial charge in [-0.3, -0.25) is 0 Å². The number of fused-ring (bicyclic) bond motifs is 1. The lowest BCUT2D eigenvalue weighted by molar-refractivity contribution is 0.415. The first-order chi connectivity index (χ1) is 8.78. The van der Waals surface area contributed by atoms with E-state index in [9.17, 15) is 0 Å². The van der Waals surface area contributed by atoms with Crippen molar-refractivity contribution in [2.45, 2.75) is 0 Å². The minimum Gasteiger partial charge on any atom is -0.497 e. The van der Waals surface area contributed by atoms with Gasteiger partial charge in [-0.2, -0.15) is 0 Å². The van der Waals surface area contributed by atoms with E-state index in [0.717, 1.165) is 27.1 Å². The summed E-state index contributed by atoms with van der Waals surface area (Å²) < 4.78 is 8.21. The number of hydrogen-bond acceptors (Lipinski definition) is 2. The number of imidazole rings is 1. The fraction of sp³-hybridized carbons (Fsp3) is 0.0714. The van der Waals surface area contributed by atoms with Crippen LogP contribution in [0.4, 0.5) is 0 Å². The van der Waals surface area contributed by atoms with E-state index < -0.39 is 0 Å². The summed E-state index contributed by atoms with van der Waals surface area (Å²) in [4.78, 5) is 4.62. The second-order valence-corrected chi connectivity index (χ2v) is 4.80. The zero-order valence-electron chi connectivity index (χ0n) is 9.80. The molecule has 0 bridgehead atoms. The predicted octanol–water partition coefficient (Wildman–Crippen LogP) is 3.77. The van der Waals surface area contributed by atoms with E-state index in [4.69, 9.17) is 4.74 Å². The molecule has 0 radical (unpaired) electrons. The molecule has 0 aliphatic heterocycles. The number of halogens is 1. The summed E-state index contributed by atoms with van der Waals surface area (Å²) in [5.41, 5.74) is 2.89. The molecule has 3 rings (SSSR count). The second kappa shape index (κ2) is 4.46. The van der Waals surface area contributed by atoms with Gasteiger partial charge in [0.25, 0.3) is 0 Å². The van der Waals surface area contributed by atoms with Crippen molar-refractivity contribution < 1.29 is 4.74 Å². The SMILES string of the molecule is COc1cccc(-c2cn3cccc(Br)c3n2)c1. The number of pyridine rings is 1. The van der Waals surface area contributed by atoms with Gasteiger partial charge < -0.3 is 9.14 Å². The molecule has 90 valence electrons. The van der Waals surface area contributed by atoms with E-state index in [-0.39, 0.29) is 0 Å². The van der Waals surface area contributed by atoms with Gasteiger partial charge >= 0.3 is 0 Å². The van der Waals surface area contributed by atoms with Crippen LogP contribution in [0, 0.1) is 0 Å². The van der Waals surface area contributed by atoms with E-state index in [1.165, 1.54) is 0 Å². The summed E-state index contributed by atoms with van der Waals surface area (Å²) in [6.07, 6.45) is 3.99. The maximum absolute atomic E-state index is 5.23. The summed E-state index contributed by atoms with van der Waals surface area (Å²) in [6, 6.07) is 11.9. The molecule has 0 atom stereocenters. The molecular formula is C14H11BrN2O. The van der Waals surface area contributed by atoms with E-state index in [1.807, 2.05) is 53.2 Å². The van der Waals surface area contributed by atoms with E-state index in [1.54, 1.807) is 7.11 Å². The third kappa shape index (κ3) is 1.88. The fourth-order valence-electron chi connectivity index (χ4n) is 1.90. The Morgan fingerprint density at radius 1 is 1.22 bits per heavy atom. The van der Waals surface area contributed by atoms with E-state index in [2.05, 4.69) is 20.9 Å². The molecule has 3 aromatic rings. The maximum Gasteiger partial charge on any atom is 0.151 e. The average Bonchev–Trinajstić information content (AvgIpc) is 2.84. The lowest BCUT2D eigenvalue weighted by Gasteiger charge is -2.00. The Hall–Kier alpha value is -1.81. The smallest absolute Gasteiger partial charge is 0.151 e. The lowest BCUT2D eigenvalue weighted by atomic mass is 10.1. The van der Waals surface area contributed by atoms with Crippen LogP contribution in [0.2, 0.25) is 0 Å². The van der Waals surface area contributed by atoms with Gasteiger partial charge in [0.15, 0.2) is 5.65 Å². The van der Waals surface area contributed by atoms with Crippen LogP contribution in [-0.4, -0.2) is 16.5 Å². The van der Waals surface area contributed by atoms with Gasteiger partial charge in [0.2, 0.25) is 0 Å². The normalized spacial score (nSPS) is 10.8. The Balaban J connectivity index is 2.16. The average molecular weight is 303 g/mol. The number of aromatic nitrogens is 2. The highest BCUT2D eigenvalue weighted by Gasteiger charge is 2.07. The number of rotatable bonds is 2. The van der Waals surface area contributed by atoms with Gasteiger partial charge in [0.05, 0.1) is 17.3 Å². The first kappa shape index (κ1) is 11.3. The topological polar surface area (TPSA) is 26.5 Å². The molecule has 0 spiro atoms. The predicted molar refractivity (Wildman–Crippen MR) is 74.9 cm³/mol. The van der Waals surface area contributed by atoms with Crippen molar-refractivity contribution in [3.05, 3.63) is 53.3 Å². The lowest BCUT2D eigenvalue weighted by Crippen LogP contribution is -1.83. The third-order valence-electron chi connectivity index (χ3n) is 2.80. The van der Waals surface area contributed by atoms with Gasteiger partial charge in [-0.25, -0.2) is 4.98 Å². The zero-order valence-corrected chi connectivity index (χ0v) is 11.4. The summed E-state index contributed by atoms with van der Waals surface area (Å²) >= 11 is 3.50. The highest BCUT2D eigenvalue weighted by molar-refractivity contribution is 9.10. The van der Waals surface area contributed by atoms with E-state index in [0.29, 0.717) is 0 Å². The van der Waals surface area contributed by atoms with Gasteiger partial charge in [-0.1, -0.05) is 12.1 Å². The monoisotopic (exact) mass is 302 g/mol. The molecule has 2 aromatic heterocycles. The van der Waals surface area contributed by atoms with Crippen LogP contribution in [0.5, 0.6) is 5.75 Å². The molecule has 4 heteroatoms. The molecule has 0 aliphatic carbocycles. The van der Waals surface area contributed by atoms with Crippen molar-refractivity contribution in [3.63, 3.8) is 0 Å². The fourth-order valence-corrected chi connectivity index (χ4v) is 2.35. The molecule has 0 amide bonds. The molecule has 2 heterocycles. The number of benzene rings is 1. The van der Waals surface area contributed by atoms with Crippen LogP contribution >= 0.6 is 15.9 Å². The first-order valence-corrected chi connectivity index (χ1v) is 6.35. The van der Waals surface area contributed by atoms with Crippen molar-refractivity contribution in [1.82, 2.24) is 9.38 Å². The van der Waals surface area contributed by atoms with Gasteiger partial charge in [-0.15, -0.1) is 0 Å². The van der Waals surface area contributed by atoms with Crippen LogP contribution in [-0.2, 0) is 0 Å². The minimum atomic E-state index is 0.837. The molecule has 0 fully saturated rings. The summed E-state index contributed by atoms with van der Waals surface area (Å²) in [6.45, 7) is 0.